The van der Waals surface area contributed by atoms with Gasteiger partial charge in [-0.2, -0.15) is 0 Å². The highest BCUT2D eigenvalue weighted by Crippen LogP contribution is 2.24. The summed E-state index contributed by atoms with van der Waals surface area (Å²) >= 11 is 1.38. The fourth-order valence-electron chi connectivity index (χ4n) is 2.76. The van der Waals surface area contributed by atoms with Crippen LogP contribution in [0.1, 0.15) is 6.92 Å². The number of hydrogen-bond acceptors (Lipinski definition) is 6. The van der Waals surface area contributed by atoms with Crippen LogP contribution in [0, 0.1) is 0 Å². The van der Waals surface area contributed by atoms with E-state index in [9.17, 15) is 4.79 Å². The molecule has 4 rings (SSSR count). The summed E-state index contributed by atoms with van der Waals surface area (Å²) in [4.78, 5) is 23.3. The van der Waals surface area contributed by atoms with Crippen LogP contribution in [0.5, 0.6) is 0 Å². The molecule has 1 aliphatic heterocycles. The van der Waals surface area contributed by atoms with Gasteiger partial charge in [-0.1, -0.05) is 23.9 Å². The number of para-hydroxylation sites is 1. The Bertz CT molecular complexity index is 890. The summed E-state index contributed by atoms with van der Waals surface area (Å²) < 4.78 is 6.96. The van der Waals surface area contributed by atoms with Crippen LogP contribution in [0.4, 0.5) is 0 Å². The Hall–Kier alpha value is -2.19. The van der Waals surface area contributed by atoms with E-state index in [1.54, 1.807) is 10.8 Å². The first kappa shape index (κ1) is 15.3. The van der Waals surface area contributed by atoms with Gasteiger partial charge < -0.3 is 9.64 Å². The Kier molecular flexibility index (Phi) is 4.07. The molecule has 124 valence electrons. The molecule has 1 atom stereocenters. The molecule has 0 aliphatic carbocycles. The van der Waals surface area contributed by atoms with Gasteiger partial charge in [0.2, 0.25) is 11.1 Å². The van der Waals surface area contributed by atoms with Crippen molar-refractivity contribution in [2.45, 2.75) is 17.3 Å². The molecule has 1 unspecified atom stereocenters. The number of rotatable bonds is 3. The van der Waals surface area contributed by atoms with Crippen LogP contribution in [-0.2, 0) is 9.53 Å². The van der Waals surface area contributed by atoms with Gasteiger partial charge in [0.05, 0.1) is 24.0 Å². The highest BCUT2D eigenvalue weighted by Gasteiger charge is 2.24. The number of carbonyl (C=O) groups is 1. The average molecular weight is 343 g/mol. The number of fused-ring (bicyclic) bond motifs is 3. The van der Waals surface area contributed by atoms with Crippen LogP contribution in [0.2, 0.25) is 0 Å². The lowest BCUT2D eigenvalue weighted by Gasteiger charge is -2.28. The number of morpholine rings is 1. The van der Waals surface area contributed by atoms with Gasteiger partial charge in [0.1, 0.15) is 6.33 Å². The van der Waals surface area contributed by atoms with E-state index in [0.717, 1.165) is 16.6 Å². The summed E-state index contributed by atoms with van der Waals surface area (Å²) in [5.74, 6) is 0.102. The van der Waals surface area contributed by atoms with Crippen LogP contribution in [-0.4, -0.2) is 61.9 Å². The Labute approximate surface area is 143 Å². The molecule has 1 amide bonds. The van der Waals surface area contributed by atoms with Crippen LogP contribution in [0.15, 0.2) is 35.7 Å². The summed E-state index contributed by atoms with van der Waals surface area (Å²) in [7, 11) is 0. The maximum Gasteiger partial charge on any atom is 0.236 e. The predicted molar refractivity (Wildman–Crippen MR) is 91.0 cm³/mol. The monoisotopic (exact) mass is 343 g/mol. The SMILES string of the molecule is CC(Sc1nc2c3ccccc3ncn2n1)C(=O)N1CCOCC1. The standard InChI is InChI=1S/C16H17N5O2S/c1-11(15(22)20-6-8-23-9-7-20)24-16-18-14-12-4-2-3-5-13(12)17-10-21(14)19-16/h2-5,10-11H,6-9H2,1H3. The second-order valence-electron chi connectivity index (χ2n) is 5.62. The third-order valence-corrected chi connectivity index (χ3v) is 4.95. The van der Waals surface area contributed by atoms with Gasteiger partial charge in [0.15, 0.2) is 5.65 Å². The zero-order chi connectivity index (χ0) is 16.5. The van der Waals surface area contributed by atoms with Crippen molar-refractivity contribution in [3.05, 3.63) is 30.6 Å². The smallest absolute Gasteiger partial charge is 0.236 e. The predicted octanol–water partition coefficient (Wildman–Crippen LogP) is 1.62. The van der Waals surface area contributed by atoms with Crippen LogP contribution >= 0.6 is 11.8 Å². The van der Waals surface area contributed by atoms with Crippen molar-refractivity contribution >= 4 is 34.2 Å². The minimum Gasteiger partial charge on any atom is -0.378 e. The van der Waals surface area contributed by atoms with Gasteiger partial charge >= 0.3 is 0 Å². The van der Waals surface area contributed by atoms with Gasteiger partial charge in [-0.3, -0.25) is 4.79 Å². The van der Waals surface area contributed by atoms with Crippen LogP contribution < -0.4 is 0 Å². The highest BCUT2D eigenvalue weighted by atomic mass is 32.2. The second-order valence-corrected chi connectivity index (χ2v) is 6.93. The number of thioether (sulfide) groups is 1. The van der Waals surface area contributed by atoms with E-state index < -0.39 is 0 Å². The van der Waals surface area contributed by atoms with Crippen molar-refractivity contribution in [3.8, 4) is 0 Å². The van der Waals surface area contributed by atoms with Crippen molar-refractivity contribution in [3.63, 3.8) is 0 Å². The second kappa shape index (κ2) is 6.37. The Balaban J connectivity index is 1.58. The van der Waals surface area contributed by atoms with Gasteiger partial charge in [-0.15, -0.1) is 5.10 Å². The van der Waals surface area contributed by atoms with E-state index in [-0.39, 0.29) is 11.2 Å². The van der Waals surface area contributed by atoms with Gasteiger partial charge in [-0.25, -0.2) is 14.5 Å². The van der Waals surface area contributed by atoms with Gasteiger partial charge in [-0.05, 0) is 19.1 Å². The van der Waals surface area contributed by atoms with Crippen LogP contribution in [0.25, 0.3) is 16.6 Å². The first-order chi connectivity index (χ1) is 11.7. The number of ether oxygens (including phenoxy) is 1. The first-order valence-corrected chi connectivity index (χ1v) is 8.73. The van der Waals surface area contributed by atoms with E-state index in [0.29, 0.717) is 31.5 Å². The Morgan fingerprint density at radius 1 is 1.29 bits per heavy atom. The summed E-state index contributed by atoms with van der Waals surface area (Å²) in [5.41, 5.74) is 1.64. The Morgan fingerprint density at radius 3 is 2.92 bits per heavy atom. The highest BCUT2D eigenvalue weighted by molar-refractivity contribution is 8.00. The molecule has 1 fully saturated rings. The molecule has 0 saturated carbocycles. The zero-order valence-electron chi connectivity index (χ0n) is 13.3. The van der Waals surface area contributed by atoms with E-state index in [1.165, 1.54) is 11.8 Å². The lowest BCUT2D eigenvalue weighted by molar-refractivity contribution is -0.134. The first-order valence-electron chi connectivity index (χ1n) is 7.86. The lowest BCUT2D eigenvalue weighted by atomic mass is 10.2. The lowest BCUT2D eigenvalue weighted by Crippen LogP contribution is -2.44. The molecular weight excluding hydrogens is 326 g/mol. The molecule has 1 saturated heterocycles. The summed E-state index contributed by atoms with van der Waals surface area (Å²) in [5, 5.41) is 5.74. The van der Waals surface area contributed by atoms with Crippen molar-refractivity contribution in [1.82, 2.24) is 24.5 Å². The minimum absolute atomic E-state index is 0.102. The molecule has 0 N–H and O–H groups in total. The molecule has 0 bridgehead atoms. The number of amides is 1. The fourth-order valence-corrected chi connectivity index (χ4v) is 3.60. The Morgan fingerprint density at radius 2 is 2.08 bits per heavy atom. The van der Waals surface area contributed by atoms with E-state index >= 15 is 0 Å². The molecule has 3 aromatic rings. The molecule has 2 aromatic heterocycles. The van der Waals surface area contributed by atoms with Crippen molar-refractivity contribution in [1.29, 1.82) is 0 Å². The number of hydrogen-bond donors (Lipinski definition) is 0. The average Bonchev–Trinajstić information content (AvgIpc) is 3.04. The topological polar surface area (TPSA) is 72.6 Å². The number of carbonyl (C=O) groups excluding carboxylic acids is 1. The van der Waals surface area contributed by atoms with Crippen molar-refractivity contribution in [2.75, 3.05) is 26.3 Å². The van der Waals surface area contributed by atoms with E-state index in [1.807, 2.05) is 36.1 Å². The fraction of sp³-hybridized carbons (Fsp3) is 0.375. The molecule has 8 heteroatoms. The van der Waals surface area contributed by atoms with Crippen LogP contribution in [0.3, 0.4) is 0 Å². The third-order valence-electron chi connectivity index (χ3n) is 4.02. The van der Waals surface area contributed by atoms with Gasteiger partial charge in [0.25, 0.3) is 0 Å². The molecule has 7 nitrogen and oxygen atoms in total. The molecular formula is C16H17N5O2S. The summed E-state index contributed by atoms with van der Waals surface area (Å²) in [6.07, 6.45) is 1.66. The normalized spacial score (nSPS) is 16.6. The number of aromatic nitrogens is 4. The molecule has 0 radical (unpaired) electrons. The molecule has 24 heavy (non-hydrogen) atoms. The minimum atomic E-state index is -0.236. The van der Waals surface area contributed by atoms with E-state index in [4.69, 9.17) is 4.74 Å². The zero-order valence-corrected chi connectivity index (χ0v) is 14.1. The molecule has 1 aliphatic rings. The van der Waals surface area contributed by atoms with Crippen molar-refractivity contribution in [2.24, 2.45) is 0 Å². The molecule has 0 spiro atoms. The number of benzene rings is 1. The quantitative estimate of drug-likeness (QED) is 0.673. The summed E-state index contributed by atoms with van der Waals surface area (Å²) in [6.45, 7) is 4.40. The molecule has 1 aromatic carbocycles. The molecule has 3 heterocycles. The largest absolute Gasteiger partial charge is 0.378 e. The maximum absolute atomic E-state index is 12.5. The maximum atomic E-state index is 12.5. The van der Waals surface area contributed by atoms with Gasteiger partial charge in [0, 0.05) is 18.5 Å². The summed E-state index contributed by atoms with van der Waals surface area (Å²) in [6, 6.07) is 7.82. The third kappa shape index (κ3) is 2.83. The van der Waals surface area contributed by atoms with Crippen molar-refractivity contribution < 1.29 is 9.53 Å². The number of nitrogens with zero attached hydrogens (tertiary/aromatic N) is 5. The van der Waals surface area contributed by atoms with E-state index in [2.05, 4.69) is 15.1 Å².